The lowest BCUT2D eigenvalue weighted by molar-refractivity contribution is 0.146. The average molecular weight is 182 g/mol. The molecule has 2 rings (SSSR count). The van der Waals surface area contributed by atoms with Crippen molar-refractivity contribution in [3.63, 3.8) is 0 Å². The highest BCUT2D eigenvalue weighted by Crippen LogP contribution is 2.43. The Morgan fingerprint density at radius 2 is 2.42 bits per heavy atom. The molecule has 0 aliphatic heterocycles. The van der Waals surface area contributed by atoms with Crippen LogP contribution in [0.2, 0.25) is 0 Å². The van der Waals surface area contributed by atoms with Crippen LogP contribution in [0.3, 0.4) is 0 Å². The first kappa shape index (κ1) is 8.20. The van der Waals surface area contributed by atoms with Gasteiger partial charge in [0.25, 0.3) is 0 Å². The zero-order valence-electron chi connectivity index (χ0n) is 7.12. The summed E-state index contributed by atoms with van der Waals surface area (Å²) in [6.45, 7) is 0.838. The number of nitrogens with zero attached hydrogens (tertiary/aromatic N) is 1. The van der Waals surface area contributed by atoms with E-state index in [-0.39, 0.29) is 0 Å². The molecule has 0 radical (unpaired) electrons. The fraction of sp³-hybridized carbons (Fsp3) is 0.667. The summed E-state index contributed by atoms with van der Waals surface area (Å²) < 4.78 is 0. The van der Waals surface area contributed by atoms with Crippen LogP contribution in [0.1, 0.15) is 24.1 Å². The van der Waals surface area contributed by atoms with Crippen molar-refractivity contribution >= 4 is 11.3 Å². The number of thiazole rings is 1. The molecule has 1 aliphatic carbocycles. The first-order valence-electron chi connectivity index (χ1n) is 4.42. The Morgan fingerprint density at radius 3 is 2.83 bits per heavy atom. The van der Waals surface area contributed by atoms with Crippen molar-refractivity contribution in [1.29, 1.82) is 0 Å². The number of hydrogen-bond acceptors (Lipinski definition) is 3. The maximum Gasteiger partial charge on any atom is 0.0794 e. The molecular weight excluding hydrogens is 168 g/mol. The maximum atomic E-state index is 5.77. The van der Waals surface area contributed by atoms with Crippen molar-refractivity contribution in [1.82, 2.24) is 4.98 Å². The van der Waals surface area contributed by atoms with Crippen molar-refractivity contribution in [2.75, 3.05) is 6.54 Å². The third kappa shape index (κ3) is 1.39. The first-order valence-corrected chi connectivity index (χ1v) is 5.30. The Hall–Kier alpha value is -0.410. The molecule has 2 N–H and O–H groups in total. The SMILES string of the molecule is NCC1(Cc2cncs2)CCC1. The lowest BCUT2D eigenvalue weighted by Gasteiger charge is -2.40. The minimum Gasteiger partial charge on any atom is -0.330 e. The highest BCUT2D eigenvalue weighted by atomic mass is 32.1. The molecule has 1 aromatic heterocycles. The largest absolute Gasteiger partial charge is 0.330 e. The Bertz CT molecular complexity index is 234. The zero-order chi connectivity index (χ0) is 8.44. The second kappa shape index (κ2) is 3.15. The summed E-state index contributed by atoms with van der Waals surface area (Å²) in [6, 6.07) is 0. The second-order valence-corrected chi connectivity index (χ2v) is 4.67. The fourth-order valence-electron chi connectivity index (χ4n) is 1.83. The number of nitrogens with two attached hydrogens (primary N) is 1. The van der Waals surface area contributed by atoms with Crippen LogP contribution in [0.4, 0.5) is 0 Å². The first-order chi connectivity index (χ1) is 5.85. The predicted molar refractivity (Wildman–Crippen MR) is 51.2 cm³/mol. The maximum absolute atomic E-state index is 5.77. The standard InChI is InChI=1S/C9H14N2S/c10-6-9(2-1-3-9)4-8-5-11-7-12-8/h5,7H,1-4,6,10H2. The summed E-state index contributed by atoms with van der Waals surface area (Å²) >= 11 is 1.75. The summed E-state index contributed by atoms with van der Waals surface area (Å²) in [5.74, 6) is 0. The van der Waals surface area contributed by atoms with Crippen LogP contribution < -0.4 is 5.73 Å². The Labute approximate surface area is 76.8 Å². The molecular formula is C9H14N2S. The highest BCUT2D eigenvalue weighted by Gasteiger charge is 2.35. The van der Waals surface area contributed by atoms with Crippen molar-refractivity contribution in [2.24, 2.45) is 11.1 Å². The van der Waals surface area contributed by atoms with Gasteiger partial charge in [0.2, 0.25) is 0 Å². The van der Waals surface area contributed by atoms with Crippen molar-refractivity contribution < 1.29 is 0 Å². The zero-order valence-corrected chi connectivity index (χ0v) is 7.94. The summed E-state index contributed by atoms with van der Waals surface area (Å²) in [5.41, 5.74) is 8.11. The molecule has 1 aromatic rings. The van der Waals surface area contributed by atoms with Gasteiger partial charge >= 0.3 is 0 Å². The molecule has 1 fully saturated rings. The predicted octanol–water partition coefficient (Wildman–Crippen LogP) is 1.81. The van der Waals surface area contributed by atoms with E-state index in [0.29, 0.717) is 5.41 Å². The molecule has 0 atom stereocenters. The van der Waals surface area contributed by atoms with Crippen LogP contribution in [-0.2, 0) is 6.42 Å². The van der Waals surface area contributed by atoms with E-state index in [0.717, 1.165) is 13.0 Å². The van der Waals surface area contributed by atoms with Gasteiger partial charge in [0.05, 0.1) is 5.51 Å². The minimum atomic E-state index is 0.437. The molecule has 0 saturated heterocycles. The number of hydrogen-bond donors (Lipinski definition) is 1. The summed E-state index contributed by atoms with van der Waals surface area (Å²) in [4.78, 5) is 5.47. The molecule has 2 nitrogen and oxygen atoms in total. The topological polar surface area (TPSA) is 38.9 Å². The molecule has 12 heavy (non-hydrogen) atoms. The van der Waals surface area contributed by atoms with E-state index in [2.05, 4.69) is 4.98 Å². The molecule has 0 aromatic carbocycles. The molecule has 0 spiro atoms. The fourth-order valence-corrected chi connectivity index (χ4v) is 2.60. The van der Waals surface area contributed by atoms with Crippen molar-refractivity contribution in [3.8, 4) is 0 Å². The minimum absolute atomic E-state index is 0.437. The summed E-state index contributed by atoms with van der Waals surface area (Å²) in [7, 11) is 0. The van der Waals surface area contributed by atoms with Crippen LogP contribution in [-0.4, -0.2) is 11.5 Å². The van der Waals surface area contributed by atoms with E-state index in [1.807, 2.05) is 11.7 Å². The molecule has 1 aliphatic rings. The molecule has 3 heteroatoms. The van der Waals surface area contributed by atoms with Gasteiger partial charge in [-0.25, -0.2) is 0 Å². The Morgan fingerprint density at radius 1 is 1.58 bits per heavy atom. The smallest absolute Gasteiger partial charge is 0.0794 e. The summed E-state index contributed by atoms with van der Waals surface area (Å²) in [6.07, 6.45) is 7.09. The molecule has 0 unspecified atom stereocenters. The monoisotopic (exact) mass is 182 g/mol. The van der Waals surface area contributed by atoms with Crippen molar-refractivity contribution in [2.45, 2.75) is 25.7 Å². The Kier molecular flexibility index (Phi) is 2.15. The van der Waals surface area contributed by atoms with E-state index >= 15 is 0 Å². The van der Waals surface area contributed by atoms with Gasteiger partial charge in [-0.05, 0) is 31.2 Å². The molecule has 1 saturated carbocycles. The van der Waals surface area contributed by atoms with E-state index in [4.69, 9.17) is 5.73 Å². The Balaban J connectivity index is 2.01. The molecule has 0 amide bonds. The van der Waals surface area contributed by atoms with Gasteiger partial charge in [-0.2, -0.15) is 0 Å². The van der Waals surface area contributed by atoms with Crippen LogP contribution in [0.5, 0.6) is 0 Å². The number of aromatic nitrogens is 1. The average Bonchev–Trinajstić information content (AvgIpc) is 2.49. The van der Waals surface area contributed by atoms with Crippen LogP contribution in [0, 0.1) is 5.41 Å². The summed E-state index contributed by atoms with van der Waals surface area (Å²) in [5, 5.41) is 0. The lowest BCUT2D eigenvalue weighted by atomic mass is 9.66. The molecule has 66 valence electrons. The van der Waals surface area contributed by atoms with Crippen LogP contribution in [0.15, 0.2) is 11.7 Å². The third-order valence-corrected chi connectivity index (χ3v) is 3.66. The van der Waals surface area contributed by atoms with Crippen LogP contribution >= 0.6 is 11.3 Å². The van der Waals surface area contributed by atoms with Crippen LogP contribution in [0.25, 0.3) is 0 Å². The lowest BCUT2D eigenvalue weighted by Crippen LogP contribution is -2.38. The molecule has 0 bridgehead atoms. The van der Waals surface area contributed by atoms with Gasteiger partial charge in [0.15, 0.2) is 0 Å². The van der Waals surface area contributed by atoms with E-state index < -0.39 is 0 Å². The van der Waals surface area contributed by atoms with E-state index in [1.54, 1.807) is 11.3 Å². The van der Waals surface area contributed by atoms with Gasteiger partial charge in [-0.15, -0.1) is 11.3 Å². The number of rotatable bonds is 3. The highest BCUT2D eigenvalue weighted by molar-refractivity contribution is 7.09. The van der Waals surface area contributed by atoms with Gasteiger partial charge in [0, 0.05) is 11.1 Å². The van der Waals surface area contributed by atoms with Gasteiger partial charge in [0.1, 0.15) is 0 Å². The van der Waals surface area contributed by atoms with Crippen molar-refractivity contribution in [3.05, 3.63) is 16.6 Å². The van der Waals surface area contributed by atoms with Gasteiger partial charge in [-0.1, -0.05) is 6.42 Å². The third-order valence-electron chi connectivity index (χ3n) is 2.88. The quantitative estimate of drug-likeness (QED) is 0.774. The second-order valence-electron chi connectivity index (χ2n) is 3.70. The van der Waals surface area contributed by atoms with Gasteiger partial charge < -0.3 is 5.73 Å². The van der Waals surface area contributed by atoms with Gasteiger partial charge in [-0.3, -0.25) is 4.98 Å². The van der Waals surface area contributed by atoms with E-state index in [1.165, 1.54) is 24.1 Å². The van der Waals surface area contributed by atoms with E-state index in [9.17, 15) is 0 Å². The molecule has 1 heterocycles. The normalized spacial score (nSPS) is 20.4.